The molecule has 0 heterocycles. The fraction of sp³-hybridized carbons (Fsp3) is 0.300. The van der Waals surface area contributed by atoms with Crippen LogP contribution in [-0.2, 0) is 11.2 Å². The van der Waals surface area contributed by atoms with E-state index in [9.17, 15) is 9.90 Å². The molecule has 0 aromatic heterocycles. The molecular weight excluding hydrogens is 302 g/mol. The van der Waals surface area contributed by atoms with Crippen LogP contribution in [0.2, 0.25) is 0 Å². The zero-order valence-electron chi connectivity index (χ0n) is 14.1. The highest BCUT2D eigenvalue weighted by atomic mass is 16.5. The monoisotopic (exact) mass is 323 g/mol. The molecule has 0 amide bonds. The Bertz CT molecular complexity index is 775. The molecule has 2 aromatic carbocycles. The molecule has 24 heavy (non-hydrogen) atoms. The third-order valence-electron chi connectivity index (χ3n) is 4.09. The van der Waals surface area contributed by atoms with E-state index in [-0.39, 0.29) is 0 Å². The Balaban J connectivity index is 2.45. The Morgan fingerprint density at radius 3 is 2.58 bits per heavy atom. The van der Waals surface area contributed by atoms with Gasteiger partial charge in [-0.3, -0.25) is 4.79 Å². The van der Waals surface area contributed by atoms with Crippen LogP contribution in [0, 0.1) is 11.3 Å². The Morgan fingerprint density at radius 2 is 2.00 bits per heavy atom. The summed E-state index contributed by atoms with van der Waals surface area (Å²) < 4.78 is 5.38. The maximum Gasteiger partial charge on any atom is 0.311 e. The molecule has 0 aliphatic rings. The Hall–Kier alpha value is -2.80. The number of benzene rings is 2. The van der Waals surface area contributed by atoms with E-state index in [0.717, 1.165) is 11.1 Å². The van der Waals surface area contributed by atoms with Gasteiger partial charge < -0.3 is 9.84 Å². The highest BCUT2D eigenvalue weighted by Crippen LogP contribution is 2.32. The van der Waals surface area contributed by atoms with Gasteiger partial charge in [0.1, 0.15) is 5.75 Å². The summed E-state index contributed by atoms with van der Waals surface area (Å²) in [4.78, 5) is 11.9. The lowest BCUT2D eigenvalue weighted by molar-refractivity contribution is -0.138. The topological polar surface area (TPSA) is 70.3 Å². The van der Waals surface area contributed by atoms with Gasteiger partial charge in [0.05, 0.1) is 24.7 Å². The van der Waals surface area contributed by atoms with E-state index in [0.29, 0.717) is 29.2 Å². The van der Waals surface area contributed by atoms with Crippen molar-refractivity contribution in [2.24, 2.45) is 0 Å². The smallest absolute Gasteiger partial charge is 0.311 e. The van der Waals surface area contributed by atoms with Gasteiger partial charge in [0, 0.05) is 5.56 Å². The number of carbonyl (C=O) groups is 1. The van der Waals surface area contributed by atoms with Crippen molar-refractivity contribution in [3.05, 3.63) is 64.7 Å². The zero-order valence-corrected chi connectivity index (χ0v) is 14.1. The van der Waals surface area contributed by atoms with Crippen LogP contribution in [0.3, 0.4) is 0 Å². The first kappa shape index (κ1) is 17.6. The Morgan fingerprint density at radius 1 is 1.25 bits per heavy atom. The number of nitrogens with zero attached hydrogens (tertiary/aromatic N) is 1. The third-order valence-corrected chi connectivity index (χ3v) is 4.09. The number of carboxylic acid groups (broad SMARTS) is 1. The second kappa shape index (κ2) is 7.65. The third kappa shape index (κ3) is 3.94. The van der Waals surface area contributed by atoms with Gasteiger partial charge in [0.2, 0.25) is 0 Å². The molecule has 0 saturated heterocycles. The van der Waals surface area contributed by atoms with Crippen LogP contribution in [-0.4, -0.2) is 18.2 Å². The molecule has 4 nitrogen and oxygen atoms in total. The summed E-state index contributed by atoms with van der Waals surface area (Å²) in [5, 5.41) is 18.8. The molecule has 2 rings (SSSR count). The van der Waals surface area contributed by atoms with Gasteiger partial charge in [-0.25, -0.2) is 0 Å². The molecule has 2 aromatic rings. The van der Waals surface area contributed by atoms with Gasteiger partial charge in [0.25, 0.3) is 0 Å². The number of methoxy groups -OCH3 is 1. The number of aliphatic carboxylic acids is 1. The van der Waals surface area contributed by atoms with Crippen molar-refractivity contribution >= 4 is 5.97 Å². The summed E-state index contributed by atoms with van der Waals surface area (Å²) in [5.74, 6) is -0.765. The zero-order chi connectivity index (χ0) is 17.7. The minimum atomic E-state index is -0.906. The van der Waals surface area contributed by atoms with Gasteiger partial charge in [-0.2, -0.15) is 5.26 Å². The molecule has 0 aliphatic carbocycles. The van der Waals surface area contributed by atoms with Crippen LogP contribution in [0.5, 0.6) is 5.75 Å². The molecule has 1 N–H and O–H groups in total. The maximum atomic E-state index is 11.9. The van der Waals surface area contributed by atoms with E-state index < -0.39 is 11.9 Å². The highest BCUT2D eigenvalue weighted by Gasteiger charge is 2.24. The number of hydrogen-bond donors (Lipinski definition) is 1. The lowest BCUT2D eigenvalue weighted by Crippen LogP contribution is -2.16. The first-order valence-corrected chi connectivity index (χ1v) is 7.86. The molecule has 0 radical (unpaired) electrons. The van der Waals surface area contributed by atoms with Crippen LogP contribution in [0.15, 0.2) is 42.5 Å². The number of nitriles is 1. The molecule has 0 aliphatic heterocycles. The lowest BCUT2D eigenvalue weighted by Gasteiger charge is -2.18. The molecule has 0 bridgehead atoms. The summed E-state index contributed by atoms with van der Waals surface area (Å²) in [6, 6.07) is 14.8. The summed E-state index contributed by atoms with van der Waals surface area (Å²) >= 11 is 0. The molecule has 124 valence electrons. The molecule has 1 atom stereocenters. The van der Waals surface area contributed by atoms with E-state index in [2.05, 4.69) is 19.9 Å². The highest BCUT2D eigenvalue weighted by molar-refractivity contribution is 5.78. The van der Waals surface area contributed by atoms with Crippen molar-refractivity contribution < 1.29 is 14.6 Å². The normalized spacial score (nSPS) is 11.8. The van der Waals surface area contributed by atoms with Crippen LogP contribution >= 0.6 is 0 Å². The number of carboxylic acids is 1. The summed E-state index contributed by atoms with van der Waals surface area (Å²) in [5.41, 5.74) is 3.08. The van der Waals surface area contributed by atoms with E-state index in [1.807, 2.05) is 24.3 Å². The van der Waals surface area contributed by atoms with Crippen molar-refractivity contribution in [3.63, 3.8) is 0 Å². The minimum Gasteiger partial charge on any atom is -0.496 e. The Kier molecular flexibility index (Phi) is 5.59. The maximum absolute atomic E-state index is 11.9. The average molecular weight is 323 g/mol. The van der Waals surface area contributed by atoms with Gasteiger partial charge in [0.15, 0.2) is 0 Å². The fourth-order valence-electron chi connectivity index (χ4n) is 2.72. The summed E-state index contributed by atoms with van der Waals surface area (Å²) in [6.07, 6.45) is 0.308. The summed E-state index contributed by atoms with van der Waals surface area (Å²) in [7, 11) is 1.54. The number of hydrogen-bond acceptors (Lipinski definition) is 3. The predicted octanol–water partition coefficient (Wildman–Crippen LogP) is 4.10. The van der Waals surface area contributed by atoms with E-state index in [4.69, 9.17) is 10.00 Å². The molecule has 0 spiro atoms. The van der Waals surface area contributed by atoms with Crippen molar-refractivity contribution in [1.29, 1.82) is 5.26 Å². The molecule has 4 heteroatoms. The molecule has 1 unspecified atom stereocenters. The van der Waals surface area contributed by atoms with Crippen LogP contribution in [0.25, 0.3) is 0 Å². The standard InChI is InChI=1S/C20H21NO3/c1-13(2)16-7-8-19(24-3)17(11-16)18(20(22)23)10-14-5-4-6-15(9-14)12-21/h4-9,11,13,18H,10H2,1-3H3,(H,22,23). The lowest BCUT2D eigenvalue weighted by atomic mass is 9.88. The van der Waals surface area contributed by atoms with Gasteiger partial charge in [-0.05, 0) is 41.7 Å². The quantitative estimate of drug-likeness (QED) is 0.869. The van der Waals surface area contributed by atoms with Crippen molar-refractivity contribution in [1.82, 2.24) is 0 Å². The van der Waals surface area contributed by atoms with Gasteiger partial charge in [-0.1, -0.05) is 38.1 Å². The van der Waals surface area contributed by atoms with E-state index in [1.165, 1.54) is 0 Å². The largest absolute Gasteiger partial charge is 0.496 e. The number of ether oxygens (including phenoxy) is 1. The second-order valence-electron chi connectivity index (χ2n) is 6.06. The van der Waals surface area contributed by atoms with Gasteiger partial charge >= 0.3 is 5.97 Å². The van der Waals surface area contributed by atoms with Crippen molar-refractivity contribution in [2.75, 3.05) is 7.11 Å². The molecule has 0 saturated carbocycles. The second-order valence-corrected chi connectivity index (χ2v) is 6.06. The van der Waals surface area contributed by atoms with Gasteiger partial charge in [-0.15, -0.1) is 0 Å². The summed E-state index contributed by atoms with van der Waals surface area (Å²) in [6.45, 7) is 4.13. The first-order valence-electron chi connectivity index (χ1n) is 7.86. The van der Waals surface area contributed by atoms with Crippen molar-refractivity contribution in [2.45, 2.75) is 32.1 Å². The predicted molar refractivity (Wildman–Crippen MR) is 92.3 cm³/mol. The van der Waals surface area contributed by atoms with E-state index >= 15 is 0 Å². The molecular formula is C20H21NO3. The molecule has 0 fully saturated rings. The van der Waals surface area contributed by atoms with Crippen LogP contribution in [0.1, 0.15) is 47.9 Å². The minimum absolute atomic E-state index is 0.297. The SMILES string of the molecule is COc1ccc(C(C)C)cc1C(Cc1cccc(C#N)c1)C(=O)O. The fourth-order valence-corrected chi connectivity index (χ4v) is 2.72. The average Bonchev–Trinajstić information content (AvgIpc) is 2.59. The first-order chi connectivity index (χ1) is 11.5. The van der Waals surface area contributed by atoms with Crippen LogP contribution in [0.4, 0.5) is 0 Å². The van der Waals surface area contributed by atoms with E-state index in [1.54, 1.807) is 25.3 Å². The van der Waals surface area contributed by atoms with Crippen LogP contribution < -0.4 is 4.74 Å². The Labute approximate surface area is 142 Å². The van der Waals surface area contributed by atoms with Crippen molar-refractivity contribution in [3.8, 4) is 11.8 Å². The number of rotatable bonds is 6.